The smallest absolute Gasteiger partial charge is 0.426 e. The molecule has 0 unspecified atom stereocenters. The molecule has 0 aliphatic heterocycles. The van der Waals surface area contributed by atoms with Crippen LogP contribution >= 0.6 is 11.6 Å². The summed E-state index contributed by atoms with van der Waals surface area (Å²) in [7, 11) is 2.26. The molecule has 0 fully saturated rings. The van der Waals surface area contributed by atoms with Gasteiger partial charge in [-0.05, 0) is 41.7 Å². The minimum absolute atomic E-state index is 0.0666. The minimum Gasteiger partial charge on any atom is -0.467 e. The van der Waals surface area contributed by atoms with E-state index in [4.69, 9.17) is 16.3 Å². The van der Waals surface area contributed by atoms with Crippen molar-refractivity contribution in [2.45, 2.75) is 51.4 Å². The minimum atomic E-state index is -4.89. The first-order chi connectivity index (χ1) is 17.2. The lowest BCUT2D eigenvalue weighted by Crippen LogP contribution is -2.55. The van der Waals surface area contributed by atoms with Crippen LogP contribution in [-0.4, -0.2) is 46.9 Å². The van der Waals surface area contributed by atoms with Crippen LogP contribution in [-0.2, 0) is 21.5 Å². The average Bonchev–Trinajstić information content (AvgIpc) is 2.86. The zero-order valence-corrected chi connectivity index (χ0v) is 22.1. The van der Waals surface area contributed by atoms with Crippen molar-refractivity contribution in [2.75, 3.05) is 14.2 Å². The molecule has 3 rings (SSSR count). The van der Waals surface area contributed by atoms with Crippen LogP contribution in [0.5, 0.6) is 6.01 Å². The van der Waals surface area contributed by atoms with Crippen LogP contribution in [0.25, 0.3) is 22.8 Å². The van der Waals surface area contributed by atoms with Crippen LogP contribution in [0.15, 0.2) is 42.5 Å². The third-order valence-corrected chi connectivity index (χ3v) is 6.22. The summed E-state index contributed by atoms with van der Waals surface area (Å²) in [4.78, 5) is 25.6. The zero-order chi connectivity index (χ0) is 27.6. The van der Waals surface area contributed by atoms with Gasteiger partial charge in [-0.2, -0.15) is 23.1 Å². The maximum Gasteiger partial charge on any atom is 0.426 e. The van der Waals surface area contributed by atoms with Crippen molar-refractivity contribution < 1.29 is 27.4 Å². The van der Waals surface area contributed by atoms with Gasteiger partial charge in [0.05, 0.1) is 12.1 Å². The summed E-state index contributed by atoms with van der Waals surface area (Å²) >= 11 is 6.43. The Morgan fingerprint density at radius 1 is 0.973 bits per heavy atom. The highest BCUT2D eigenvalue weighted by atomic mass is 35.5. The Bertz CT molecular complexity index is 1290. The normalized spacial score (nSPS) is 13.7. The van der Waals surface area contributed by atoms with Crippen LogP contribution in [0.3, 0.4) is 0 Å². The first kappa shape index (κ1) is 28.3. The Morgan fingerprint density at radius 2 is 1.65 bits per heavy atom. The number of rotatable bonds is 7. The molecule has 0 radical (unpaired) electrons. The van der Waals surface area contributed by atoms with E-state index in [9.17, 15) is 18.0 Å². The summed E-state index contributed by atoms with van der Waals surface area (Å²) in [6.45, 7) is 6.75. The lowest BCUT2D eigenvalue weighted by Gasteiger charge is -2.29. The third-order valence-electron chi connectivity index (χ3n) is 5.89. The Labute approximate surface area is 218 Å². The second kappa shape index (κ2) is 10.6. The second-order valence-electron chi connectivity index (χ2n) is 9.53. The standard InChI is InChI=1S/C26H28ClF3N4O3/c1-24(2,3)17-9-7-8-16(13-17)20-32-21(34-23(33-20)36-5)18-12-15(10-11-19(18)27)14-31-22(35)25(4,37-6)26(28,29)30/h7-13H,14H2,1-6H3,(H,31,35)/t25-/m1/s1. The second-order valence-corrected chi connectivity index (χ2v) is 9.94. The van der Waals surface area contributed by atoms with Gasteiger partial charge in [-0.25, -0.2) is 4.98 Å². The first-order valence-corrected chi connectivity index (χ1v) is 11.7. The van der Waals surface area contributed by atoms with Gasteiger partial charge >= 0.3 is 12.2 Å². The average molecular weight is 537 g/mol. The molecule has 0 saturated carbocycles. The molecule has 1 atom stereocenters. The summed E-state index contributed by atoms with van der Waals surface area (Å²) in [5, 5.41) is 2.57. The van der Waals surface area contributed by atoms with E-state index in [0.29, 0.717) is 28.9 Å². The highest BCUT2D eigenvalue weighted by molar-refractivity contribution is 6.33. The highest BCUT2D eigenvalue weighted by Gasteiger charge is 2.57. The highest BCUT2D eigenvalue weighted by Crippen LogP contribution is 2.34. The molecular formula is C26H28ClF3N4O3. The number of ether oxygens (including phenoxy) is 2. The molecule has 37 heavy (non-hydrogen) atoms. The van der Waals surface area contributed by atoms with Crippen molar-refractivity contribution in [1.82, 2.24) is 20.3 Å². The largest absolute Gasteiger partial charge is 0.467 e. The summed E-state index contributed by atoms with van der Waals surface area (Å²) < 4.78 is 49.7. The van der Waals surface area contributed by atoms with E-state index in [1.807, 2.05) is 24.3 Å². The van der Waals surface area contributed by atoms with E-state index in [2.05, 4.69) is 45.8 Å². The Kier molecular flexibility index (Phi) is 8.14. The number of aromatic nitrogens is 3. The van der Waals surface area contributed by atoms with Gasteiger partial charge in [-0.15, -0.1) is 0 Å². The summed E-state index contributed by atoms with van der Waals surface area (Å²) in [6.07, 6.45) is -4.89. The number of hydrogen-bond acceptors (Lipinski definition) is 6. The van der Waals surface area contributed by atoms with Crippen molar-refractivity contribution in [2.24, 2.45) is 0 Å². The van der Waals surface area contributed by atoms with Crippen molar-refractivity contribution in [3.05, 3.63) is 58.6 Å². The van der Waals surface area contributed by atoms with Crippen molar-refractivity contribution in [1.29, 1.82) is 0 Å². The number of nitrogens with one attached hydrogen (secondary N) is 1. The predicted molar refractivity (Wildman–Crippen MR) is 134 cm³/mol. The van der Waals surface area contributed by atoms with Crippen LogP contribution in [0.4, 0.5) is 13.2 Å². The number of carbonyl (C=O) groups is 1. The molecule has 1 N–H and O–H groups in total. The number of amides is 1. The lowest BCUT2D eigenvalue weighted by molar-refractivity contribution is -0.253. The number of alkyl halides is 3. The quantitative estimate of drug-likeness (QED) is 0.414. The molecule has 11 heteroatoms. The maximum atomic E-state index is 13.3. The molecule has 7 nitrogen and oxygen atoms in total. The molecule has 3 aromatic rings. The summed E-state index contributed by atoms with van der Waals surface area (Å²) in [5.74, 6) is -0.746. The van der Waals surface area contributed by atoms with E-state index >= 15 is 0 Å². The number of methoxy groups -OCH3 is 2. The molecule has 1 aromatic heterocycles. The molecule has 0 saturated heterocycles. The topological polar surface area (TPSA) is 86.2 Å². The molecule has 0 spiro atoms. The van der Waals surface area contributed by atoms with Gasteiger partial charge in [0.25, 0.3) is 5.91 Å². The molecule has 198 valence electrons. The molecule has 2 aromatic carbocycles. The molecular weight excluding hydrogens is 509 g/mol. The Balaban J connectivity index is 1.97. The Hall–Kier alpha value is -3.24. The predicted octanol–water partition coefficient (Wildman–Crippen LogP) is 5.75. The number of nitrogens with zero attached hydrogens (tertiary/aromatic N) is 3. The van der Waals surface area contributed by atoms with Gasteiger partial charge in [-0.1, -0.05) is 56.6 Å². The summed E-state index contributed by atoms with van der Waals surface area (Å²) in [5.41, 5.74) is -0.371. The molecule has 0 aliphatic carbocycles. The van der Waals surface area contributed by atoms with Crippen LogP contribution in [0.1, 0.15) is 38.8 Å². The molecule has 0 aliphatic rings. The number of hydrogen-bond donors (Lipinski definition) is 1. The number of carbonyl (C=O) groups excluding carboxylic acids is 1. The van der Waals surface area contributed by atoms with E-state index < -0.39 is 17.7 Å². The zero-order valence-electron chi connectivity index (χ0n) is 21.3. The van der Waals surface area contributed by atoms with Crippen molar-refractivity contribution in [3.8, 4) is 28.8 Å². The SMILES string of the molecule is COc1nc(-c2cccc(C(C)(C)C)c2)nc(-c2cc(CNC(=O)[C@@](C)(OC)C(F)(F)F)ccc2Cl)n1. The van der Waals surface area contributed by atoms with Gasteiger partial charge < -0.3 is 14.8 Å². The van der Waals surface area contributed by atoms with Gasteiger partial charge in [0.2, 0.25) is 5.60 Å². The molecule has 0 bridgehead atoms. The van der Waals surface area contributed by atoms with Crippen molar-refractivity contribution in [3.63, 3.8) is 0 Å². The molecule has 1 heterocycles. The van der Waals surface area contributed by atoms with E-state index in [-0.39, 0.29) is 23.8 Å². The third kappa shape index (κ3) is 6.19. The van der Waals surface area contributed by atoms with E-state index in [0.717, 1.165) is 18.2 Å². The fraction of sp³-hybridized carbons (Fsp3) is 0.385. The van der Waals surface area contributed by atoms with Crippen LogP contribution in [0, 0.1) is 0 Å². The first-order valence-electron chi connectivity index (χ1n) is 11.3. The van der Waals surface area contributed by atoms with E-state index in [1.54, 1.807) is 18.2 Å². The van der Waals surface area contributed by atoms with Gasteiger partial charge in [0.15, 0.2) is 11.6 Å². The number of benzene rings is 2. The lowest BCUT2D eigenvalue weighted by atomic mass is 9.86. The van der Waals surface area contributed by atoms with Crippen molar-refractivity contribution >= 4 is 17.5 Å². The summed E-state index contributed by atoms with van der Waals surface area (Å²) in [6, 6.07) is 12.6. The molecule has 1 amide bonds. The fourth-order valence-corrected chi connectivity index (χ4v) is 3.57. The van der Waals surface area contributed by atoms with Gasteiger partial charge in [0.1, 0.15) is 0 Å². The monoisotopic (exact) mass is 536 g/mol. The number of halogens is 4. The van der Waals surface area contributed by atoms with Crippen LogP contribution in [0.2, 0.25) is 5.02 Å². The maximum absolute atomic E-state index is 13.3. The van der Waals surface area contributed by atoms with E-state index in [1.165, 1.54) is 7.11 Å². The Morgan fingerprint density at radius 3 is 2.24 bits per heavy atom. The fourth-order valence-electron chi connectivity index (χ4n) is 3.36. The van der Waals surface area contributed by atoms with Gasteiger partial charge in [-0.3, -0.25) is 4.79 Å². The van der Waals surface area contributed by atoms with Crippen LogP contribution < -0.4 is 10.1 Å². The van der Waals surface area contributed by atoms with Gasteiger partial charge in [0, 0.05) is 24.8 Å².